The van der Waals surface area contributed by atoms with Gasteiger partial charge in [-0.2, -0.15) is 0 Å². The van der Waals surface area contributed by atoms with Gasteiger partial charge < -0.3 is 11.1 Å². The molecule has 4 heteroatoms. The van der Waals surface area contributed by atoms with Crippen molar-refractivity contribution in [1.29, 1.82) is 0 Å². The van der Waals surface area contributed by atoms with Gasteiger partial charge in [-0.1, -0.05) is 13.3 Å². The van der Waals surface area contributed by atoms with Crippen molar-refractivity contribution in [3.8, 4) is 0 Å². The lowest BCUT2D eigenvalue weighted by atomic mass is 10.00. The van der Waals surface area contributed by atoms with Crippen LogP contribution in [0.1, 0.15) is 39.0 Å². The molecule has 0 spiro atoms. The van der Waals surface area contributed by atoms with Gasteiger partial charge in [-0.3, -0.25) is 4.79 Å². The van der Waals surface area contributed by atoms with Gasteiger partial charge in [-0.05, 0) is 37.0 Å². The summed E-state index contributed by atoms with van der Waals surface area (Å²) in [6.45, 7) is 3.12. The largest absolute Gasteiger partial charge is 0.356 e. The summed E-state index contributed by atoms with van der Waals surface area (Å²) in [4.78, 5) is 11.6. The minimum atomic E-state index is 0. The van der Waals surface area contributed by atoms with Crippen molar-refractivity contribution in [1.82, 2.24) is 5.32 Å². The fraction of sp³-hybridized carbons (Fsp3) is 0.917. The molecule has 2 fully saturated rings. The molecule has 0 aromatic carbocycles. The van der Waals surface area contributed by atoms with Gasteiger partial charge in [-0.25, -0.2) is 0 Å². The summed E-state index contributed by atoms with van der Waals surface area (Å²) in [5, 5.41) is 3.03. The van der Waals surface area contributed by atoms with Crippen LogP contribution < -0.4 is 11.1 Å². The number of rotatable bonds is 4. The Kier molecular flexibility index (Phi) is 5.06. The van der Waals surface area contributed by atoms with Gasteiger partial charge in [0.25, 0.3) is 0 Å². The third-order valence-electron chi connectivity index (χ3n) is 4.00. The molecule has 2 saturated carbocycles. The van der Waals surface area contributed by atoms with Gasteiger partial charge in [0, 0.05) is 19.0 Å². The van der Waals surface area contributed by atoms with Crippen LogP contribution in [-0.4, -0.2) is 18.5 Å². The maximum atomic E-state index is 11.6. The predicted molar refractivity (Wildman–Crippen MR) is 67.5 cm³/mol. The molecule has 0 aliphatic heterocycles. The zero-order chi connectivity index (χ0) is 10.8. The summed E-state index contributed by atoms with van der Waals surface area (Å²) in [6.07, 6.45) is 5.34. The number of halogens is 1. The molecule has 3 N–H and O–H groups in total. The molecule has 2 aliphatic carbocycles. The number of nitrogens with two attached hydrogens (primary N) is 1. The zero-order valence-electron chi connectivity index (χ0n) is 9.95. The summed E-state index contributed by atoms with van der Waals surface area (Å²) in [5.74, 6) is 2.20. The fourth-order valence-electron chi connectivity index (χ4n) is 2.56. The minimum Gasteiger partial charge on any atom is -0.356 e. The number of nitrogens with one attached hydrogen (secondary N) is 1. The van der Waals surface area contributed by atoms with E-state index < -0.39 is 0 Å². The maximum Gasteiger partial charge on any atom is 0.220 e. The Morgan fingerprint density at radius 2 is 2.06 bits per heavy atom. The Bertz CT molecular complexity index is 247. The molecule has 2 aliphatic rings. The van der Waals surface area contributed by atoms with E-state index in [1.54, 1.807) is 0 Å². The molecule has 0 heterocycles. The second-order valence-electron chi connectivity index (χ2n) is 5.34. The molecule has 3 nitrogen and oxygen atoms in total. The minimum absolute atomic E-state index is 0. The quantitative estimate of drug-likeness (QED) is 0.793. The van der Waals surface area contributed by atoms with E-state index >= 15 is 0 Å². The first-order chi connectivity index (χ1) is 7.16. The molecular weight excluding hydrogens is 224 g/mol. The topological polar surface area (TPSA) is 55.1 Å². The van der Waals surface area contributed by atoms with Gasteiger partial charge in [0.1, 0.15) is 0 Å². The maximum absolute atomic E-state index is 11.6. The third kappa shape index (κ3) is 3.63. The number of hydrogen-bond donors (Lipinski definition) is 2. The predicted octanol–water partition coefficient (Wildman–Crippen LogP) is 1.70. The first kappa shape index (κ1) is 13.8. The lowest BCUT2D eigenvalue weighted by molar-refractivity contribution is -0.122. The Morgan fingerprint density at radius 3 is 2.56 bits per heavy atom. The standard InChI is InChI=1S/C12H22N2O.ClH/c1-8-5-10(8)7-14-12(15)6-9-3-2-4-11(9)13;/h8-11H,2-7,13H2,1H3,(H,14,15);1H/t8?,9-,10?,11+;/m0./s1. The summed E-state index contributed by atoms with van der Waals surface area (Å²) in [5.41, 5.74) is 5.94. The van der Waals surface area contributed by atoms with E-state index in [9.17, 15) is 4.79 Å². The average molecular weight is 247 g/mol. The molecule has 1 amide bonds. The lowest BCUT2D eigenvalue weighted by Gasteiger charge is -2.14. The Labute approximate surface area is 104 Å². The molecule has 0 bridgehead atoms. The molecule has 0 radical (unpaired) electrons. The smallest absolute Gasteiger partial charge is 0.220 e. The molecule has 16 heavy (non-hydrogen) atoms. The normalized spacial score (nSPS) is 36.6. The highest BCUT2D eigenvalue weighted by Gasteiger charge is 2.33. The lowest BCUT2D eigenvalue weighted by Crippen LogP contribution is -2.32. The Morgan fingerprint density at radius 1 is 1.38 bits per heavy atom. The van der Waals surface area contributed by atoms with Gasteiger partial charge in [0.15, 0.2) is 0 Å². The number of carbonyl (C=O) groups excluding carboxylic acids is 1. The van der Waals surface area contributed by atoms with Crippen LogP contribution in [0.25, 0.3) is 0 Å². The van der Waals surface area contributed by atoms with Crippen molar-refractivity contribution in [3.05, 3.63) is 0 Å². The van der Waals surface area contributed by atoms with Crippen LogP contribution in [0.5, 0.6) is 0 Å². The van der Waals surface area contributed by atoms with Crippen LogP contribution in [0.3, 0.4) is 0 Å². The second-order valence-corrected chi connectivity index (χ2v) is 5.34. The van der Waals surface area contributed by atoms with Crippen LogP contribution in [0.15, 0.2) is 0 Å². The van der Waals surface area contributed by atoms with Crippen LogP contribution in [0.4, 0.5) is 0 Å². The van der Waals surface area contributed by atoms with Gasteiger partial charge in [0.05, 0.1) is 0 Å². The van der Waals surface area contributed by atoms with Crippen LogP contribution in [-0.2, 0) is 4.79 Å². The van der Waals surface area contributed by atoms with Gasteiger partial charge in [-0.15, -0.1) is 12.4 Å². The van der Waals surface area contributed by atoms with E-state index in [0.717, 1.165) is 31.2 Å². The van der Waals surface area contributed by atoms with Crippen molar-refractivity contribution in [2.24, 2.45) is 23.5 Å². The van der Waals surface area contributed by atoms with Crippen molar-refractivity contribution >= 4 is 18.3 Å². The second kappa shape index (κ2) is 5.87. The first-order valence-corrected chi connectivity index (χ1v) is 6.19. The molecule has 0 aromatic rings. The SMILES string of the molecule is CC1CC1CNC(=O)C[C@@H]1CCC[C@H]1N.Cl. The molecular formula is C12H23ClN2O. The van der Waals surface area contributed by atoms with E-state index in [0.29, 0.717) is 12.3 Å². The highest BCUT2D eigenvalue weighted by Crippen LogP contribution is 2.36. The summed E-state index contributed by atoms with van der Waals surface area (Å²) in [6, 6.07) is 0.260. The van der Waals surface area contributed by atoms with Gasteiger partial charge in [0.2, 0.25) is 5.91 Å². The van der Waals surface area contributed by atoms with Crippen LogP contribution in [0.2, 0.25) is 0 Å². The van der Waals surface area contributed by atoms with Crippen molar-refractivity contribution in [2.45, 2.75) is 45.1 Å². The van der Waals surface area contributed by atoms with Crippen molar-refractivity contribution in [2.75, 3.05) is 6.54 Å². The third-order valence-corrected chi connectivity index (χ3v) is 4.00. The summed E-state index contributed by atoms with van der Waals surface area (Å²) >= 11 is 0. The Balaban J connectivity index is 0.00000128. The molecule has 2 rings (SSSR count). The molecule has 94 valence electrons. The first-order valence-electron chi connectivity index (χ1n) is 6.19. The average Bonchev–Trinajstić information content (AvgIpc) is 2.76. The van der Waals surface area contributed by atoms with E-state index in [2.05, 4.69) is 12.2 Å². The van der Waals surface area contributed by atoms with Crippen LogP contribution in [0, 0.1) is 17.8 Å². The van der Waals surface area contributed by atoms with E-state index in [4.69, 9.17) is 5.73 Å². The van der Waals surface area contributed by atoms with Crippen molar-refractivity contribution in [3.63, 3.8) is 0 Å². The van der Waals surface area contributed by atoms with Crippen LogP contribution >= 0.6 is 12.4 Å². The molecule has 0 saturated heterocycles. The summed E-state index contributed by atoms with van der Waals surface area (Å²) in [7, 11) is 0. The highest BCUT2D eigenvalue weighted by atomic mass is 35.5. The van der Waals surface area contributed by atoms with Gasteiger partial charge >= 0.3 is 0 Å². The molecule has 4 atom stereocenters. The van der Waals surface area contributed by atoms with Crippen molar-refractivity contribution < 1.29 is 4.79 Å². The number of amides is 1. The monoisotopic (exact) mass is 246 g/mol. The Hall–Kier alpha value is -0.280. The highest BCUT2D eigenvalue weighted by molar-refractivity contribution is 5.85. The zero-order valence-corrected chi connectivity index (χ0v) is 10.8. The number of hydrogen-bond acceptors (Lipinski definition) is 2. The van der Waals surface area contributed by atoms with E-state index in [-0.39, 0.29) is 24.4 Å². The summed E-state index contributed by atoms with van der Waals surface area (Å²) < 4.78 is 0. The fourth-order valence-corrected chi connectivity index (χ4v) is 2.56. The van der Waals surface area contributed by atoms with E-state index in [1.165, 1.54) is 12.8 Å². The van der Waals surface area contributed by atoms with E-state index in [1.807, 2.05) is 0 Å². The molecule has 2 unspecified atom stereocenters. The molecule has 0 aromatic heterocycles. The number of carbonyl (C=O) groups is 1.